The largest absolute Gasteiger partial charge is 0.294 e. The molecule has 0 aliphatic heterocycles. The summed E-state index contributed by atoms with van der Waals surface area (Å²) in [5.74, 6) is 2.67. The topological polar surface area (TPSA) is 3.24 Å². The van der Waals surface area contributed by atoms with Gasteiger partial charge in [-0.05, 0) is 27.9 Å². The maximum atomic E-state index is 5.22. The van der Waals surface area contributed by atoms with Crippen LogP contribution >= 0.6 is 12.4 Å². The van der Waals surface area contributed by atoms with Crippen LogP contribution in [0.4, 0.5) is 0 Å². The van der Waals surface area contributed by atoms with E-state index in [0.717, 1.165) is 0 Å². The van der Waals surface area contributed by atoms with Gasteiger partial charge in [-0.1, -0.05) is 5.92 Å². The van der Waals surface area contributed by atoms with Crippen LogP contribution in [0.15, 0.2) is 0 Å². The van der Waals surface area contributed by atoms with Gasteiger partial charge in [0.15, 0.2) is 0 Å². The molecule has 0 rings (SSSR count). The predicted molar refractivity (Wildman–Crippen MR) is 43.8 cm³/mol. The second kappa shape index (κ2) is 3.76. The number of hydrogen-bond acceptors (Lipinski definition) is 1. The molecule has 0 heterocycles. The third kappa shape index (κ3) is 3.40. The summed E-state index contributed by atoms with van der Waals surface area (Å²) in [6.45, 7) is 4.01. The minimum absolute atomic E-state index is 0. The normalized spacial score (nSPS) is 10.2. The van der Waals surface area contributed by atoms with Crippen LogP contribution in [0, 0.1) is 12.3 Å². The van der Waals surface area contributed by atoms with Crippen molar-refractivity contribution in [3.8, 4) is 12.3 Å². The molecule has 0 amide bonds. The van der Waals surface area contributed by atoms with E-state index in [1.165, 1.54) is 0 Å². The van der Waals surface area contributed by atoms with Gasteiger partial charge in [0.05, 0.1) is 5.54 Å². The van der Waals surface area contributed by atoms with Crippen molar-refractivity contribution in [3.63, 3.8) is 0 Å². The van der Waals surface area contributed by atoms with Gasteiger partial charge < -0.3 is 0 Å². The van der Waals surface area contributed by atoms with Crippen LogP contribution in [0.1, 0.15) is 13.8 Å². The van der Waals surface area contributed by atoms with E-state index in [1.807, 2.05) is 32.8 Å². The Morgan fingerprint density at radius 1 is 1.33 bits per heavy atom. The van der Waals surface area contributed by atoms with Crippen LogP contribution in [0.5, 0.6) is 0 Å². The summed E-state index contributed by atoms with van der Waals surface area (Å²) in [5.41, 5.74) is -0.0972. The van der Waals surface area contributed by atoms with Crippen LogP contribution in [0.25, 0.3) is 0 Å². The Bertz CT molecular complexity index is 111. The van der Waals surface area contributed by atoms with Gasteiger partial charge in [0.2, 0.25) is 0 Å². The fraction of sp³-hybridized carbons (Fsp3) is 0.714. The lowest BCUT2D eigenvalue weighted by Crippen LogP contribution is -2.36. The van der Waals surface area contributed by atoms with Crippen molar-refractivity contribution in [1.82, 2.24) is 4.90 Å². The molecule has 0 aliphatic rings. The minimum Gasteiger partial charge on any atom is -0.294 e. The molecule has 0 aromatic rings. The summed E-state index contributed by atoms with van der Waals surface area (Å²) in [5, 5.41) is 0. The highest BCUT2D eigenvalue weighted by Gasteiger charge is 2.14. The van der Waals surface area contributed by atoms with E-state index in [4.69, 9.17) is 6.42 Å². The first-order chi connectivity index (χ1) is 3.50. The van der Waals surface area contributed by atoms with Gasteiger partial charge in [0, 0.05) is 0 Å². The van der Waals surface area contributed by atoms with Gasteiger partial charge in [0.1, 0.15) is 0 Å². The van der Waals surface area contributed by atoms with E-state index in [0.29, 0.717) is 0 Å². The number of hydrogen-bond donors (Lipinski definition) is 0. The Kier molecular flexibility index (Phi) is 4.85. The molecular formula is C7H14ClN. The molecule has 9 heavy (non-hydrogen) atoms. The first-order valence-electron chi connectivity index (χ1n) is 2.66. The van der Waals surface area contributed by atoms with Crippen molar-refractivity contribution < 1.29 is 0 Å². The lowest BCUT2D eigenvalue weighted by molar-refractivity contribution is 0.264. The predicted octanol–water partition coefficient (Wildman–Crippen LogP) is 1.38. The Hall–Kier alpha value is -0.190. The molecule has 0 radical (unpaired) electrons. The molecule has 0 aromatic heterocycles. The number of halogens is 1. The lowest BCUT2D eigenvalue weighted by Gasteiger charge is -2.25. The van der Waals surface area contributed by atoms with Gasteiger partial charge in [-0.3, -0.25) is 4.90 Å². The Morgan fingerprint density at radius 2 is 1.67 bits per heavy atom. The number of terminal acetylenes is 1. The maximum absolute atomic E-state index is 5.22. The molecule has 2 heteroatoms. The monoisotopic (exact) mass is 147 g/mol. The second-order valence-corrected chi connectivity index (χ2v) is 2.60. The highest BCUT2D eigenvalue weighted by molar-refractivity contribution is 5.85. The summed E-state index contributed by atoms with van der Waals surface area (Å²) in [7, 11) is 3.94. The fourth-order valence-corrected chi connectivity index (χ4v) is 0.129. The molecule has 0 aliphatic carbocycles. The first kappa shape index (κ1) is 11.6. The van der Waals surface area contributed by atoms with E-state index >= 15 is 0 Å². The molecule has 0 spiro atoms. The second-order valence-electron chi connectivity index (χ2n) is 2.60. The smallest absolute Gasteiger partial charge is 0.0761 e. The standard InChI is InChI=1S/C7H13N.ClH/c1-6-7(2,3)8(4)5;/h1H,2-5H3;1H. The fourth-order valence-electron chi connectivity index (χ4n) is 0.129. The quantitative estimate of drug-likeness (QED) is 0.507. The molecule has 0 fully saturated rings. The molecule has 0 saturated heterocycles. The van der Waals surface area contributed by atoms with E-state index < -0.39 is 0 Å². The molecule has 54 valence electrons. The van der Waals surface area contributed by atoms with Crippen molar-refractivity contribution in [2.45, 2.75) is 19.4 Å². The van der Waals surface area contributed by atoms with Crippen molar-refractivity contribution >= 4 is 12.4 Å². The first-order valence-corrected chi connectivity index (χ1v) is 2.66. The maximum Gasteiger partial charge on any atom is 0.0761 e. The van der Waals surface area contributed by atoms with Gasteiger partial charge in [-0.2, -0.15) is 0 Å². The van der Waals surface area contributed by atoms with Gasteiger partial charge in [0.25, 0.3) is 0 Å². The molecule has 0 unspecified atom stereocenters. The van der Waals surface area contributed by atoms with E-state index in [2.05, 4.69) is 5.92 Å². The summed E-state index contributed by atoms with van der Waals surface area (Å²) < 4.78 is 0. The Morgan fingerprint density at radius 3 is 1.67 bits per heavy atom. The van der Waals surface area contributed by atoms with Gasteiger partial charge >= 0.3 is 0 Å². The Labute approximate surface area is 63.8 Å². The molecular weight excluding hydrogens is 134 g/mol. The Balaban J connectivity index is 0. The number of rotatable bonds is 1. The average molecular weight is 148 g/mol. The van der Waals surface area contributed by atoms with E-state index in [9.17, 15) is 0 Å². The minimum atomic E-state index is -0.0972. The van der Waals surface area contributed by atoms with Crippen LogP contribution in [0.3, 0.4) is 0 Å². The molecule has 0 aromatic carbocycles. The zero-order valence-corrected chi connectivity index (χ0v) is 7.25. The van der Waals surface area contributed by atoms with Crippen molar-refractivity contribution in [3.05, 3.63) is 0 Å². The summed E-state index contributed by atoms with van der Waals surface area (Å²) in [6, 6.07) is 0. The number of nitrogens with zero attached hydrogens (tertiary/aromatic N) is 1. The third-order valence-corrected chi connectivity index (χ3v) is 1.47. The third-order valence-electron chi connectivity index (χ3n) is 1.47. The summed E-state index contributed by atoms with van der Waals surface area (Å²) in [6.07, 6.45) is 5.22. The summed E-state index contributed by atoms with van der Waals surface area (Å²) in [4.78, 5) is 2.01. The van der Waals surface area contributed by atoms with E-state index in [1.54, 1.807) is 0 Å². The zero-order valence-electron chi connectivity index (χ0n) is 6.43. The zero-order chi connectivity index (χ0) is 6.78. The van der Waals surface area contributed by atoms with Crippen molar-refractivity contribution in [2.24, 2.45) is 0 Å². The highest BCUT2D eigenvalue weighted by atomic mass is 35.5. The molecule has 0 N–H and O–H groups in total. The average Bonchev–Trinajstić information content (AvgIpc) is 1.67. The van der Waals surface area contributed by atoms with Crippen LogP contribution < -0.4 is 0 Å². The lowest BCUT2D eigenvalue weighted by atomic mass is 10.1. The van der Waals surface area contributed by atoms with Gasteiger partial charge in [-0.15, -0.1) is 18.8 Å². The molecule has 0 saturated carbocycles. The van der Waals surface area contributed by atoms with Crippen LogP contribution in [0.2, 0.25) is 0 Å². The summed E-state index contributed by atoms with van der Waals surface area (Å²) >= 11 is 0. The van der Waals surface area contributed by atoms with Crippen LogP contribution in [-0.4, -0.2) is 24.5 Å². The SMILES string of the molecule is C#CC(C)(C)N(C)C.Cl. The van der Waals surface area contributed by atoms with Crippen molar-refractivity contribution in [1.29, 1.82) is 0 Å². The highest BCUT2D eigenvalue weighted by Crippen LogP contribution is 2.05. The molecule has 0 atom stereocenters. The van der Waals surface area contributed by atoms with E-state index in [-0.39, 0.29) is 17.9 Å². The van der Waals surface area contributed by atoms with Gasteiger partial charge in [-0.25, -0.2) is 0 Å². The van der Waals surface area contributed by atoms with Crippen LogP contribution in [-0.2, 0) is 0 Å². The van der Waals surface area contributed by atoms with Crippen molar-refractivity contribution in [2.75, 3.05) is 14.1 Å². The molecule has 1 nitrogen and oxygen atoms in total. The molecule has 0 bridgehead atoms.